The molecule has 1 aliphatic heterocycles. The van der Waals surface area contributed by atoms with Crippen LogP contribution in [0.5, 0.6) is 5.75 Å². The van der Waals surface area contributed by atoms with Gasteiger partial charge in [-0.1, -0.05) is 77.1 Å². The van der Waals surface area contributed by atoms with E-state index in [4.69, 9.17) is 14.8 Å². The number of benzene rings is 2. The minimum absolute atomic E-state index is 0.0754. The van der Waals surface area contributed by atoms with E-state index in [1.165, 1.54) is 5.56 Å². The Balaban J connectivity index is 1.65. The van der Waals surface area contributed by atoms with Gasteiger partial charge in [-0.25, -0.2) is 4.68 Å². The molecule has 1 aliphatic carbocycles. The summed E-state index contributed by atoms with van der Waals surface area (Å²) in [4.78, 5) is 18.3. The van der Waals surface area contributed by atoms with E-state index in [1.54, 1.807) is 7.11 Å². The van der Waals surface area contributed by atoms with Crippen molar-refractivity contribution in [2.45, 2.75) is 58.9 Å². The minimum atomic E-state index is -0.388. The van der Waals surface area contributed by atoms with Crippen LogP contribution in [0.3, 0.4) is 0 Å². The molecule has 1 atom stereocenters. The number of methoxy groups -OCH3 is 1. The molecule has 0 saturated carbocycles. The number of hydrogen-bond donors (Lipinski definition) is 1. The van der Waals surface area contributed by atoms with Crippen molar-refractivity contribution in [2.75, 3.05) is 12.4 Å². The Morgan fingerprint density at radius 1 is 1.06 bits per heavy atom. The largest absolute Gasteiger partial charge is 0.496 e. The second-order valence-corrected chi connectivity index (χ2v) is 11.1. The highest BCUT2D eigenvalue weighted by atomic mass is 16.5. The summed E-state index contributed by atoms with van der Waals surface area (Å²) in [6, 6.07) is 15.9. The molecule has 5 rings (SSSR count). The summed E-state index contributed by atoms with van der Waals surface area (Å²) >= 11 is 0. The molecular formula is C28H32N4O2. The van der Waals surface area contributed by atoms with Crippen molar-refractivity contribution in [1.29, 1.82) is 0 Å². The van der Waals surface area contributed by atoms with Gasteiger partial charge in [0.15, 0.2) is 11.6 Å². The standard InChI is InChI=1S/C28H32N4O2/c1-27(2,3)18-13-11-17(12-14-18)25-30-26-29-20-15-28(4,5)16-21(33)23(20)24(32(26)31-25)19-9-7-8-10-22(19)34-6/h7-14,24H,15-16H2,1-6H3,(H,29,30,31). The number of carbonyl (C=O) groups excluding carboxylic acids is 1. The van der Waals surface area contributed by atoms with Gasteiger partial charge >= 0.3 is 0 Å². The van der Waals surface area contributed by atoms with Gasteiger partial charge in [-0.05, 0) is 28.9 Å². The van der Waals surface area contributed by atoms with Gasteiger partial charge in [0.05, 0.1) is 7.11 Å². The van der Waals surface area contributed by atoms with Gasteiger partial charge in [0, 0.05) is 28.8 Å². The maximum Gasteiger partial charge on any atom is 0.226 e. The van der Waals surface area contributed by atoms with Crippen LogP contribution in [0.1, 0.15) is 64.6 Å². The van der Waals surface area contributed by atoms with Crippen molar-refractivity contribution in [3.8, 4) is 17.1 Å². The lowest BCUT2D eigenvalue weighted by Gasteiger charge is -2.38. The Kier molecular flexibility index (Phi) is 5.15. The Labute approximate surface area is 201 Å². The Hall–Kier alpha value is -3.41. The van der Waals surface area contributed by atoms with E-state index in [2.05, 4.69) is 64.2 Å². The van der Waals surface area contributed by atoms with Crippen LogP contribution in [0.15, 0.2) is 59.8 Å². The summed E-state index contributed by atoms with van der Waals surface area (Å²) < 4.78 is 7.54. The van der Waals surface area contributed by atoms with E-state index in [9.17, 15) is 4.79 Å². The number of nitrogens with zero attached hydrogens (tertiary/aromatic N) is 3. The molecule has 0 fully saturated rings. The summed E-state index contributed by atoms with van der Waals surface area (Å²) in [5.74, 6) is 2.16. The SMILES string of the molecule is COc1ccccc1C1C2=C(CC(C)(C)CC2=O)Nc2nc(-c3ccc(C(C)(C)C)cc3)nn21. The second kappa shape index (κ2) is 7.83. The molecule has 0 bridgehead atoms. The first-order chi connectivity index (χ1) is 16.1. The van der Waals surface area contributed by atoms with Gasteiger partial charge in [-0.15, -0.1) is 5.10 Å². The number of carbonyl (C=O) groups is 1. The van der Waals surface area contributed by atoms with Crippen molar-refractivity contribution in [1.82, 2.24) is 14.8 Å². The molecule has 1 N–H and O–H groups in total. The van der Waals surface area contributed by atoms with Crippen molar-refractivity contribution in [2.24, 2.45) is 5.41 Å². The molecule has 0 amide bonds. The number of anilines is 1. The minimum Gasteiger partial charge on any atom is -0.496 e. The lowest BCUT2D eigenvalue weighted by atomic mass is 9.73. The highest BCUT2D eigenvalue weighted by Gasteiger charge is 2.42. The molecule has 6 heteroatoms. The summed E-state index contributed by atoms with van der Waals surface area (Å²) in [5, 5.41) is 8.36. The Morgan fingerprint density at radius 2 is 1.76 bits per heavy atom. The number of para-hydroxylation sites is 1. The van der Waals surface area contributed by atoms with E-state index in [1.807, 2.05) is 28.9 Å². The predicted molar refractivity (Wildman–Crippen MR) is 134 cm³/mol. The average Bonchev–Trinajstić information content (AvgIpc) is 3.20. The van der Waals surface area contributed by atoms with Gasteiger partial charge in [0.25, 0.3) is 0 Å². The van der Waals surface area contributed by atoms with Crippen LogP contribution in [0.25, 0.3) is 11.4 Å². The summed E-state index contributed by atoms with van der Waals surface area (Å²) in [6.45, 7) is 10.9. The normalized spacial score (nSPS) is 19.4. The van der Waals surface area contributed by atoms with Gasteiger partial charge in [0.1, 0.15) is 11.8 Å². The third-order valence-corrected chi connectivity index (χ3v) is 6.77. The quantitative estimate of drug-likeness (QED) is 0.531. The van der Waals surface area contributed by atoms with E-state index in [0.717, 1.165) is 34.6 Å². The molecule has 1 unspecified atom stereocenters. The van der Waals surface area contributed by atoms with Crippen LogP contribution in [0, 0.1) is 5.41 Å². The zero-order chi connectivity index (χ0) is 24.3. The van der Waals surface area contributed by atoms with Crippen LogP contribution in [-0.2, 0) is 10.2 Å². The number of nitrogens with one attached hydrogen (secondary N) is 1. The smallest absolute Gasteiger partial charge is 0.226 e. The monoisotopic (exact) mass is 456 g/mol. The van der Waals surface area contributed by atoms with Crippen molar-refractivity contribution in [3.63, 3.8) is 0 Å². The number of hydrogen-bond acceptors (Lipinski definition) is 5. The van der Waals surface area contributed by atoms with Crippen molar-refractivity contribution < 1.29 is 9.53 Å². The topological polar surface area (TPSA) is 69.0 Å². The third kappa shape index (κ3) is 3.81. The summed E-state index contributed by atoms with van der Waals surface area (Å²) in [6.07, 6.45) is 1.28. The van der Waals surface area contributed by atoms with E-state index >= 15 is 0 Å². The molecule has 0 radical (unpaired) electrons. The molecule has 2 aromatic carbocycles. The second-order valence-electron chi connectivity index (χ2n) is 11.1. The van der Waals surface area contributed by atoms with Crippen LogP contribution < -0.4 is 10.1 Å². The number of Topliss-reactive ketones (excluding diaryl/α,β-unsaturated/α-hetero) is 1. The summed E-state index contributed by atoms with van der Waals surface area (Å²) in [7, 11) is 1.66. The zero-order valence-electron chi connectivity index (χ0n) is 20.8. The van der Waals surface area contributed by atoms with Gasteiger partial charge in [-0.2, -0.15) is 4.98 Å². The summed E-state index contributed by atoms with van der Waals surface area (Å²) in [5.41, 5.74) is 4.78. The number of aromatic nitrogens is 3. The van der Waals surface area contributed by atoms with Crippen molar-refractivity contribution >= 4 is 11.7 Å². The molecule has 2 heterocycles. The molecule has 1 aromatic heterocycles. The first-order valence-corrected chi connectivity index (χ1v) is 11.8. The fraction of sp³-hybridized carbons (Fsp3) is 0.393. The van der Waals surface area contributed by atoms with E-state index in [0.29, 0.717) is 18.2 Å². The van der Waals surface area contributed by atoms with Gasteiger partial charge in [-0.3, -0.25) is 4.79 Å². The first-order valence-electron chi connectivity index (χ1n) is 11.8. The van der Waals surface area contributed by atoms with E-state index < -0.39 is 0 Å². The number of allylic oxidation sites excluding steroid dienone is 2. The molecule has 0 spiro atoms. The molecule has 176 valence electrons. The number of ether oxygens (including phenoxy) is 1. The van der Waals surface area contributed by atoms with Crippen LogP contribution in [-0.4, -0.2) is 27.7 Å². The maximum absolute atomic E-state index is 13.4. The van der Waals surface area contributed by atoms with E-state index in [-0.39, 0.29) is 22.7 Å². The van der Waals surface area contributed by atoms with Crippen LogP contribution in [0.4, 0.5) is 5.95 Å². The number of rotatable bonds is 3. The molecular weight excluding hydrogens is 424 g/mol. The molecule has 2 aliphatic rings. The van der Waals surface area contributed by atoms with Gasteiger partial charge < -0.3 is 10.1 Å². The Bertz CT molecular complexity index is 1290. The van der Waals surface area contributed by atoms with Crippen LogP contribution in [0.2, 0.25) is 0 Å². The highest BCUT2D eigenvalue weighted by molar-refractivity contribution is 6.00. The van der Waals surface area contributed by atoms with Crippen LogP contribution >= 0.6 is 0 Å². The average molecular weight is 457 g/mol. The first kappa shape index (κ1) is 22.4. The predicted octanol–water partition coefficient (Wildman–Crippen LogP) is 5.91. The molecule has 34 heavy (non-hydrogen) atoms. The molecule has 0 saturated heterocycles. The zero-order valence-corrected chi connectivity index (χ0v) is 20.8. The number of ketones is 1. The maximum atomic E-state index is 13.4. The number of fused-ring (bicyclic) bond motifs is 1. The van der Waals surface area contributed by atoms with Gasteiger partial charge in [0.2, 0.25) is 5.95 Å². The lowest BCUT2D eigenvalue weighted by molar-refractivity contribution is -0.118. The Morgan fingerprint density at radius 3 is 2.44 bits per heavy atom. The molecule has 3 aromatic rings. The fourth-order valence-corrected chi connectivity index (χ4v) is 5.03. The van der Waals surface area contributed by atoms with Crippen molar-refractivity contribution in [3.05, 3.63) is 70.9 Å². The lowest BCUT2D eigenvalue weighted by Crippen LogP contribution is -2.36. The fourth-order valence-electron chi connectivity index (χ4n) is 5.03. The molecule has 6 nitrogen and oxygen atoms in total. The third-order valence-electron chi connectivity index (χ3n) is 6.77. The highest BCUT2D eigenvalue weighted by Crippen LogP contribution is 2.47.